The van der Waals surface area contributed by atoms with Gasteiger partial charge >= 0.3 is 6.03 Å². The molecule has 0 saturated heterocycles. The number of aromatic nitrogens is 1. The zero-order chi connectivity index (χ0) is 13.7. The smallest absolute Gasteiger partial charge is 0.319 e. The molecule has 1 fully saturated rings. The van der Waals surface area contributed by atoms with Crippen LogP contribution in [0, 0.1) is 5.82 Å². The van der Waals surface area contributed by atoms with Crippen LogP contribution in [-0.2, 0) is 0 Å². The number of halogens is 1. The van der Waals surface area contributed by atoms with Gasteiger partial charge in [0.1, 0.15) is 0 Å². The summed E-state index contributed by atoms with van der Waals surface area (Å²) in [6, 6.07) is 1.27. The highest BCUT2D eigenvalue weighted by Crippen LogP contribution is 2.26. The quantitative estimate of drug-likeness (QED) is 0.896. The lowest BCUT2D eigenvalue weighted by atomic mass is 9.95. The molecule has 0 radical (unpaired) electrons. The van der Waals surface area contributed by atoms with Crippen molar-refractivity contribution in [1.29, 1.82) is 0 Å². The molecule has 1 aliphatic carbocycles. The Kier molecular flexibility index (Phi) is 5.01. The molecule has 6 heteroatoms. The van der Waals surface area contributed by atoms with E-state index in [-0.39, 0.29) is 17.8 Å². The van der Waals surface area contributed by atoms with Crippen molar-refractivity contribution < 1.29 is 9.18 Å². The fraction of sp³-hybridized carbons (Fsp3) is 0.538. The number of rotatable bonds is 3. The van der Waals surface area contributed by atoms with Crippen molar-refractivity contribution in [3.8, 4) is 0 Å². The van der Waals surface area contributed by atoms with Gasteiger partial charge in [-0.2, -0.15) is 11.8 Å². The van der Waals surface area contributed by atoms with Crippen LogP contribution in [0.2, 0.25) is 0 Å². The molecule has 4 nitrogen and oxygen atoms in total. The van der Waals surface area contributed by atoms with Gasteiger partial charge in [-0.15, -0.1) is 0 Å². The van der Waals surface area contributed by atoms with Crippen molar-refractivity contribution in [2.45, 2.75) is 37.0 Å². The second kappa shape index (κ2) is 6.75. The van der Waals surface area contributed by atoms with Crippen LogP contribution < -0.4 is 10.6 Å². The van der Waals surface area contributed by atoms with Gasteiger partial charge in [-0.3, -0.25) is 4.98 Å². The normalized spacial score (nSPS) is 22.8. The van der Waals surface area contributed by atoms with Crippen LogP contribution >= 0.6 is 11.8 Å². The molecule has 0 spiro atoms. The second-order valence-corrected chi connectivity index (χ2v) is 5.81. The number of anilines is 1. The van der Waals surface area contributed by atoms with Gasteiger partial charge in [0.05, 0.1) is 11.9 Å². The molecule has 1 saturated carbocycles. The number of hydrogen-bond acceptors (Lipinski definition) is 3. The Bertz CT molecular complexity index is 444. The summed E-state index contributed by atoms with van der Waals surface area (Å²) in [5, 5.41) is 6.03. The first-order chi connectivity index (χ1) is 9.19. The Morgan fingerprint density at radius 3 is 3.11 bits per heavy atom. The van der Waals surface area contributed by atoms with Crippen LogP contribution in [0.1, 0.15) is 25.7 Å². The van der Waals surface area contributed by atoms with Gasteiger partial charge in [0, 0.05) is 17.5 Å². The van der Waals surface area contributed by atoms with E-state index in [0.717, 1.165) is 25.5 Å². The zero-order valence-electron chi connectivity index (χ0n) is 10.9. The van der Waals surface area contributed by atoms with Gasteiger partial charge in [-0.25, -0.2) is 9.18 Å². The van der Waals surface area contributed by atoms with Gasteiger partial charge in [0.2, 0.25) is 0 Å². The van der Waals surface area contributed by atoms with Crippen molar-refractivity contribution in [2.24, 2.45) is 0 Å². The molecule has 1 aromatic heterocycles. The topological polar surface area (TPSA) is 54.0 Å². The SMILES string of the molecule is CS[C@@H]1CCC[C@H](NC(=O)Nc2ccncc2F)C1. The van der Waals surface area contributed by atoms with E-state index in [0.29, 0.717) is 5.25 Å². The molecule has 0 bridgehead atoms. The Morgan fingerprint density at radius 1 is 1.53 bits per heavy atom. The number of urea groups is 1. The lowest BCUT2D eigenvalue weighted by Gasteiger charge is -2.28. The number of thioether (sulfide) groups is 1. The van der Waals surface area contributed by atoms with Crippen molar-refractivity contribution in [3.63, 3.8) is 0 Å². The van der Waals surface area contributed by atoms with Gasteiger partial charge in [0.15, 0.2) is 5.82 Å². The number of amides is 2. The lowest BCUT2D eigenvalue weighted by Crippen LogP contribution is -2.41. The van der Waals surface area contributed by atoms with Crippen molar-refractivity contribution in [2.75, 3.05) is 11.6 Å². The van der Waals surface area contributed by atoms with Gasteiger partial charge in [-0.05, 0) is 31.6 Å². The molecule has 2 rings (SSSR count). The average molecular weight is 283 g/mol. The fourth-order valence-electron chi connectivity index (χ4n) is 2.31. The summed E-state index contributed by atoms with van der Waals surface area (Å²) in [4.78, 5) is 15.5. The molecule has 1 aromatic rings. The Morgan fingerprint density at radius 2 is 2.37 bits per heavy atom. The zero-order valence-corrected chi connectivity index (χ0v) is 11.7. The highest BCUT2D eigenvalue weighted by atomic mass is 32.2. The Balaban J connectivity index is 1.86. The summed E-state index contributed by atoms with van der Waals surface area (Å²) in [5.41, 5.74) is 0.157. The molecule has 1 aliphatic rings. The molecule has 2 atom stereocenters. The monoisotopic (exact) mass is 283 g/mol. The molecule has 2 N–H and O–H groups in total. The summed E-state index contributed by atoms with van der Waals surface area (Å²) in [6.45, 7) is 0. The summed E-state index contributed by atoms with van der Waals surface area (Å²) in [6.07, 6.45) is 8.93. The van der Waals surface area contributed by atoms with E-state index in [1.54, 1.807) is 0 Å². The minimum absolute atomic E-state index is 0.157. The lowest BCUT2D eigenvalue weighted by molar-refractivity contribution is 0.244. The number of hydrogen-bond donors (Lipinski definition) is 2. The fourth-order valence-corrected chi connectivity index (χ4v) is 3.14. The molecule has 0 aliphatic heterocycles. The third-order valence-electron chi connectivity index (χ3n) is 3.32. The Labute approximate surface area is 116 Å². The minimum Gasteiger partial charge on any atom is -0.335 e. The molecule has 2 amide bonds. The number of carbonyl (C=O) groups excluding carboxylic acids is 1. The van der Waals surface area contributed by atoms with Crippen LogP contribution in [0.3, 0.4) is 0 Å². The van der Waals surface area contributed by atoms with Crippen LogP contribution in [-0.4, -0.2) is 28.6 Å². The van der Waals surface area contributed by atoms with Gasteiger partial charge < -0.3 is 10.6 Å². The van der Waals surface area contributed by atoms with Crippen molar-refractivity contribution >= 4 is 23.5 Å². The maximum atomic E-state index is 13.3. The molecular weight excluding hydrogens is 265 g/mol. The van der Waals surface area contributed by atoms with Crippen LogP contribution in [0.25, 0.3) is 0 Å². The van der Waals surface area contributed by atoms with Crippen LogP contribution in [0.5, 0.6) is 0 Å². The third-order valence-corrected chi connectivity index (χ3v) is 4.41. The average Bonchev–Trinajstić information content (AvgIpc) is 2.41. The number of nitrogens with zero attached hydrogens (tertiary/aromatic N) is 1. The molecule has 104 valence electrons. The first-order valence-electron chi connectivity index (χ1n) is 6.39. The van der Waals surface area contributed by atoms with E-state index < -0.39 is 5.82 Å². The Hall–Kier alpha value is -1.30. The molecule has 1 heterocycles. The van der Waals surface area contributed by atoms with E-state index in [1.165, 1.54) is 18.7 Å². The van der Waals surface area contributed by atoms with E-state index in [4.69, 9.17) is 0 Å². The maximum absolute atomic E-state index is 13.3. The van der Waals surface area contributed by atoms with Crippen LogP contribution in [0.15, 0.2) is 18.5 Å². The van der Waals surface area contributed by atoms with E-state index in [1.807, 2.05) is 11.8 Å². The van der Waals surface area contributed by atoms with Crippen LogP contribution in [0.4, 0.5) is 14.9 Å². The first-order valence-corrected chi connectivity index (χ1v) is 7.67. The molecule has 0 aromatic carbocycles. The molecular formula is C13H18FN3OS. The molecule has 0 unspecified atom stereocenters. The number of pyridine rings is 1. The largest absolute Gasteiger partial charge is 0.335 e. The highest BCUT2D eigenvalue weighted by molar-refractivity contribution is 7.99. The summed E-state index contributed by atoms with van der Waals surface area (Å²) in [5.74, 6) is -0.525. The predicted octanol–water partition coefficient (Wildman–Crippen LogP) is 3.02. The van der Waals surface area contributed by atoms with E-state index in [9.17, 15) is 9.18 Å². The summed E-state index contributed by atoms with van der Waals surface area (Å²) in [7, 11) is 0. The number of carbonyl (C=O) groups is 1. The number of nitrogens with one attached hydrogen (secondary N) is 2. The maximum Gasteiger partial charge on any atom is 0.319 e. The highest BCUT2D eigenvalue weighted by Gasteiger charge is 2.22. The van der Waals surface area contributed by atoms with E-state index in [2.05, 4.69) is 21.9 Å². The van der Waals surface area contributed by atoms with Gasteiger partial charge in [0.25, 0.3) is 0 Å². The summed E-state index contributed by atoms with van der Waals surface area (Å²) >= 11 is 1.84. The second-order valence-electron chi connectivity index (χ2n) is 4.68. The third kappa shape index (κ3) is 4.09. The predicted molar refractivity (Wildman–Crippen MR) is 75.9 cm³/mol. The van der Waals surface area contributed by atoms with E-state index >= 15 is 0 Å². The minimum atomic E-state index is -0.525. The first kappa shape index (κ1) is 14.1. The van der Waals surface area contributed by atoms with Gasteiger partial charge in [-0.1, -0.05) is 6.42 Å². The van der Waals surface area contributed by atoms with Crippen molar-refractivity contribution in [1.82, 2.24) is 10.3 Å². The molecule has 19 heavy (non-hydrogen) atoms. The summed E-state index contributed by atoms with van der Waals surface area (Å²) < 4.78 is 13.3. The standard InChI is InChI=1S/C13H18FN3OS/c1-19-10-4-2-3-9(7-10)16-13(18)17-12-5-6-15-8-11(12)14/h5-6,8-10H,2-4,7H2,1H3,(H2,15,16,17,18)/t9-,10+/m0/s1. The van der Waals surface area contributed by atoms with Crippen molar-refractivity contribution in [3.05, 3.63) is 24.3 Å².